The van der Waals surface area contributed by atoms with Crippen molar-refractivity contribution in [2.45, 2.75) is 18.7 Å². The number of ether oxygens (including phenoxy) is 1. The summed E-state index contributed by atoms with van der Waals surface area (Å²) in [6, 6.07) is 13.0. The highest BCUT2D eigenvalue weighted by Gasteiger charge is 2.14. The molecule has 2 rings (SSSR count). The molecule has 0 fully saturated rings. The average molecular weight is 348 g/mol. The Morgan fingerprint density at radius 2 is 1.67 bits per heavy atom. The molecule has 1 amide bonds. The van der Waals surface area contributed by atoms with Gasteiger partial charge in [0.1, 0.15) is 5.75 Å². The molecule has 128 valence electrons. The van der Waals surface area contributed by atoms with Gasteiger partial charge in [-0.25, -0.2) is 8.42 Å². The Balaban J connectivity index is 2.03. The van der Waals surface area contributed by atoms with Gasteiger partial charge in [-0.05, 0) is 50.2 Å². The molecule has 0 bridgehead atoms. The fraction of sp³-hybridized carbons (Fsp3) is 0.235. The maximum atomic E-state index is 12.3. The summed E-state index contributed by atoms with van der Waals surface area (Å²) in [4.78, 5) is 11.4. The van der Waals surface area contributed by atoms with Crippen LogP contribution in [0.25, 0.3) is 0 Å². The minimum absolute atomic E-state index is 0.110. The first-order valence-corrected chi connectivity index (χ1v) is 8.98. The lowest BCUT2D eigenvalue weighted by molar-refractivity contribution is -0.122. The number of anilines is 1. The van der Waals surface area contributed by atoms with E-state index in [1.54, 1.807) is 12.1 Å². The molecule has 0 aromatic heterocycles. The second-order valence-electron chi connectivity index (χ2n) is 5.19. The van der Waals surface area contributed by atoms with Gasteiger partial charge in [-0.15, -0.1) is 0 Å². The van der Waals surface area contributed by atoms with E-state index < -0.39 is 10.0 Å². The van der Waals surface area contributed by atoms with Crippen LogP contribution in [-0.2, 0) is 14.8 Å². The predicted molar refractivity (Wildman–Crippen MR) is 92.6 cm³/mol. The molecule has 0 spiro atoms. The van der Waals surface area contributed by atoms with Gasteiger partial charge in [0.2, 0.25) is 0 Å². The van der Waals surface area contributed by atoms with Crippen molar-refractivity contribution in [1.29, 1.82) is 0 Å². The minimum Gasteiger partial charge on any atom is -0.484 e. The van der Waals surface area contributed by atoms with Crippen LogP contribution in [0.5, 0.6) is 5.75 Å². The number of likely N-dealkylation sites (N-methyl/N-ethyl adjacent to an activating group) is 1. The monoisotopic (exact) mass is 348 g/mol. The molecule has 2 N–H and O–H groups in total. The van der Waals surface area contributed by atoms with Crippen molar-refractivity contribution in [2.75, 3.05) is 17.9 Å². The second kappa shape index (κ2) is 7.83. The van der Waals surface area contributed by atoms with Gasteiger partial charge in [0.25, 0.3) is 15.9 Å². The fourth-order valence-corrected chi connectivity index (χ4v) is 3.01. The highest BCUT2D eigenvalue weighted by molar-refractivity contribution is 7.92. The topological polar surface area (TPSA) is 84.5 Å². The van der Waals surface area contributed by atoms with E-state index in [0.717, 1.165) is 5.56 Å². The van der Waals surface area contributed by atoms with Crippen molar-refractivity contribution < 1.29 is 17.9 Å². The molecule has 2 aromatic carbocycles. The Morgan fingerprint density at radius 1 is 1.04 bits per heavy atom. The van der Waals surface area contributed by atoms with E-state index >= 15 is 0 Å². The molecule has 6 nitrogen and oxygen atoms in total. The highest BCUT2D eigenvalue weighted by Crippen LogP contribution is 2.19. The number of carbonyl (C=O) groups is 1. The van der Waals surface area contributed by atoms with Crippen LogP contribution in [0.4, 0.5) is 5.69 Å². The normalized spacial score (nSPS) is 10.9. The van der Waals surface area contributed by atoms with E-state index in [2.05, 4.69) is 10.0 Å². The van der Waals surface area contributed by atoms with Crippen molar-refractivity contribution in [2.24, 2.45) is 0 Å². The molecule has 0 aliphatic rings. The first-order chi connectivity index (χ1) is 11.4. The summed E-state index contributed by atoms with van der Waals surface area (Å²) in [7, 11) is -3.67. The van der Waals surface area contributed by atoms with Crippen molar-refractivity contribution in [3.05, 3.63) is 54.1 Å². The molecule has 24 heavy (non-hydrogen) atoms. The van der Waals surface area contributed by atoms with Crippen molar-refractivity contribution in [3.8, 4) is 5.75 Å². The number of sulfonamides is 1. The lowest BCUT2D eigenvalue weighted by Crippen LogP contribution is -2.28. The number of hydrogen-bond donors (Lipinski definition) is 2. The van der Waals surface area contributed by atoms with Crippen LogP contribution in [0.1, 0.15) is 12.5 Å². The van der Waals surface area contributed by atoms with Crippen molar-refractivity contribution in [3.63, 3.8) is 0 Å². The first-order valence-electron chi connectivity index (χ1n) is 7.50. The second-order valence-corrected chi connectivity index (χ2v) is 6.87. The smallest absolute Gasteiger partial charge is 0.261 e. The van der Waals surface area contributed by atoms with Crippen molar-refractivity contribution >= 4 is 21.6 Å². The van der Waals surface area contributed by atoms with Gasteiger partial charge in [-0.3, -0.25) is 9.52 Å². The summed E-state index contributed by atoms with van der Waals surface area (Å²) in [5, 5.41) is 2.61. The van der Waals surface area contributed by atoms with E-state index in [0.29, 0.717) is 18.0 Å². The third-order valence-corrected chi connectivity index (χ3v) is 4.58. The number of carbonyl (C=O) groups excluding carboxylic acids is 1. The molecular formula is C17H20N2O4S. The van der Waals surface area contributed by atoms with E-state index in [9.17, 15) is 13.2 Å². The number of hydrogen-bond acceptors (Lipinski definition) is 4. The lowest BCUT2D eigenvalue weighted by atomic mass is 10.2. The van der Waals surface area contributed by atoms with Crippen LogP contribution in [-0.4, -0.2) is 27.5 Å². The van der Waals surface area contributed by atoms with E-state index in [1.165, 1.54) is 24.3 Å². The summed E-state index contributed by atoms with van der Waals surface area (Å²) in [6.07, 6.45) is 0. The molecule has 0 aliphatic heterocycles. The molecule has 0 unspecified atom stereocenters. The molecule has 0 atom stereocenters. The Kier molecular flexibility index (Phi) is 5.81. The van der Waals surface area contributed by atoms with Crippen LogP contribution in [0.3, 0.4) is 0 Å². The van der Waals surface area contributed by atoms with Gasteiger partial charge in [-0.1, -0.05) is 17.7 Å². The summed E-state index contributed by atoms with van der Waals surface area (Å²) in [5.74, 6) is 0.200. The summed E-state index contributed by atoms with van der Waals surface area (Å²) >= 11 is 0. The van der Waals surface area contributed by atoms with Gasteiger partial charge >= 0.3 is 0 Å². The molecule has 0 aliphatic carbocycles. The largest absolute Gasteiger partial charge is 0.484 e. The first kappa shape index (κ1) is 17.8. The number of benzene rings is 2. The fourth-order valence-electron chi connectivity index (χ4n) is 1.95. The SMILES string of the molecule is CCNC(=O)COc1ccc(S(=O)(=O)Nc2ccc(C)cc2)cc1. The Hall–Kier alpha value is -2.54. The maximum Gasteiger partial charge on any atom is 0.261 e. The average Bonchev–Trinajstić information content (AvgIpc) is 2.56. The van der Waals surface area contributed by atoms with Gasteiger partial charge in [0, 0.05) is 12.2 Å². The molecular weight excluding hydrogens is 328 g/mol. The lowest BCUT2D eigenvalue weighted by Gasteiger charge is -2.10. The number of nitrogens with one attached hydrogen (secondary N) is 2. The zero-order chi connectivity index (χ0) is 17.6. The molecule has 0 radical (unpaired) electrons. The van der Waals surface area contributed by atoms with E-state index in [1.807, 2.05) is 26.0 Å². The summed E-state index contributed by atoms with van der Waals surface area (Å²) < 4.78 is 32.5. The number of aryl methyl sites for hydroxylation is 1. The van der Waals surface area contributed by atoms with Crippen LogP contribution in [0, 0.1) is 6.92 Å². The van der Waals surface area contributed by atoms with Crippen LogP contribution < -0.4 is 14.8 Å². The van der Waals surface area contributed by atoms with E-state index in [-0.39, 0.29) is 17.4 Å². The highest BCUT2D eigenvalue weighted by atomic mass is 32.2. The van der Waals surface area contributed by atoms with Gasteiger partial charge in [-0.2, -0.15) is 0 Å². The standard InChI is InChI=1S/C17H20N2O4S/c1-3-18-17(20)12-23-15-8-10-16(11-9-15)24(21,22)19-14-6-4-13(2)5-7-14/h4-11,19H,3,12H2,1-2H3,(H,18,20). The molecule has 0 saturated heterocycles. The number of rotatable bonds is 7. The quantitative estimate of drug-likeness (QED) is 0.804. The number of amides is 1. The molecule has 7 heteroatoms. The van der Waals surface area contributed by atoms with Crippen LogP contribution in [0.15, 0.2) is 53.4 Å². The van der Waals surface area contributed by atoms with Gasteiger partial charge in [0.05, 0.1) is 4.90 Å². The Labute approximate surface area is 141 Å². The van der Waals surface area contributed by atoms with Gasteiger partial charge in [0.15, 0.2) is 6.61 Å². The predicted octanol–water partition coefficient (Wildman–Crippen LogP) is 2.31. The summed E-state index contributed by atoms with van der Waals surface area (Å²) in [6.45, 7) is 4.17. The maximum absolute atomic E-state index is 12.3. The third-order valence-electron chi connectivity index (χ3n) is 3.18. The molecule has 2 aromatic rings. The Bertz CT molecular complexity index is 784. The summed E-state index contributed by atoms with van der Waals surface area (Å²) in [5.41, 5.74) is 1.55. The zero-order valence-corrected chi connectivity index (χ0v) is 14.4. The molecule has 0 saturated carbocycles. The minimum atomic E-state index is -3.67. The van der Waals surface area contributed by atoms with Crippen LogP contribution >= 0.6 is 0 Å². The Morgan fingerprint density at radius 3 is 2.25 bits per heavy atom. The third kappa shape index (κ3) is 4.99. The van der Waals surface area contributed by atoms with Gasteiger partial charge < -0.3 is 10.1 Å². The van der Waals surface area contributed by atoms with Crippen LogP contribution in [0.2, 0.25) is 0 Å². The molecule has 0 heterocycles. The van der Waals surface area contributed by atoms with Crippen molar-refractivity contribution in [1.82, 2.24) is 5.32 Å². The van der Waals surface area contributed by atoms with E-state index in [4.69, 9.17) is 4.74 Å². The zero-order valence-electron chi connectivity index (χ0n) is 13.6.